The maximum atomic E-state index is 9.94. The van der Waals surface area contributed by atoms with E-state index in [1.807, 2.05) is 24.4 Å². The molecule has 18 heavy (non-hydrogen) atoms. The lowest BCUT2D eigenvalue weighted by molar-refractivity contribution is -0.695. The predicted octanol–water partition coefficient (Wildman–Crippen LogP) is 1.36. The Hall–Kier alpha value is -1.87. The molecule has 0 radical (unpaired) electrons. The molecule has 1 N–H and O–H groups in total. The van der Waals surface area contributed by atoms with E-state index in [9.17, 15) is 5.11 Å². The summed E-state index contributed by atoms with van der Waals surface area (Å²) < 4.78 is 2.11. The first-order valence-electron chi connectivity index (χ1n) is 6.28. The summed E-state index contributed by atoms with van der Waals surface area (Å²) in [5.41, 5.74) is 1.27. The van der Waals surface area contributed by atoms with Crippen molar-refractivity contribution in [1.82, 2.24) is 0 Å². The third kappa shape index (κ3) is 2.22. The molecule has 1 aromatic carbocycles. The zero-order valence-electron chi connectivity index (χ0n) is 10.2. The molecule has 0 aliphatic carbocycles. The normalized spacial score (nSPS) is 18.5. The zero-order chi connectivity index (χ0) is 12.4. The molecule has 3 nitrogen and oxygen atoms in total. The molecule has 0 bridgehead atoms. The Balaban J connectivity index is 1.89. The van der Waals surface area contributed by atoms with Crippen molar-refractivity contribution in [3.8, 4) is 0 Å². The second-order valence-corrected chi connectivity index (χ2v) is 4.73. The minimum atomic E-state index is -0.298. The largest absolute Gasteiger partial charge is 0.385 e. The van der Waals surface area contributed by atoms with Gasteiger partial charge in [0.2, 0.25) is 0 Å². The number of hydrogen-bond acceptors (Lipinski definition) is 2. The monoisotopic (exact) mass is 241 g/mol. The van der Waals surface area contributed by atoms with E-state index in [2.05, 4.69) is 39.8 Å². The number of aromatic nitrogens is 1. The Kier molecular flexibility index (Phi) is 2.99. The molecule has 1 aromatic heterocycles. The lowest BCUT2D eigenvalue weighted by Crippen LogP contribution is -2.54. The molecule has 1 atom stereocenters. The van der Waals surface area contributed by atoms with Crippen LogP contribution in [0.3, 0.4) is 0 Å². The topological polar surface area (TPSA) is 27.3 Å². The summed E-state index contributed by atoms with van der Waals surface area (Å²) in [6.45, 7) is 2.21. The summed E-state index contributed by atoms with van der Waals surface area (Å²) in [7, 11) is 0. The number of nitrogens with zero attached hydrogens (tertiary/aromatic N) is 2. The van der Waals surface area contributed by atoms with Crippen LogP contribution in [0.2, 0.25) is 0 Å². The smallest absolute Gasteiger partial charge is 0.276 e. The van der Waals surface area contributed by atoms with Gasteiger partial charge in [-0.15, -0.1) is 0 Å². The van der Waals surface area contributed by atoms with Gasteiger partial charge < -0.3 is 5.11 Å². The minimum Gasteiger partial charge on any atom is -0.385 e. The number of pyridine rings is 1. The number of hydrogen-bond donors (Lipinski definition) is 1. The average Bonchev–Trinajstić information content (AvgIpc) is 2.40. The maximum absolute atomic E-state index is 9.94. The molecule has 0 saturated heterocycles. The second-order valence-electron chi connectivity index (χ2n) is 4.73. The first kappa shape index (κ1) is 11.2. The highest BCUT2D eigenvalue weighted by Crippen LogP contribution is 2.16. The lowest BCUT2D eigenvalue weighted by Gasteiger charge is -2.27. The molecule has 0 amide bonds. The Morgan fingerprint density at radius 3 is 2.72 bits per heavy atom. The summed E-state index contributed by atoms with van der Waals surface area (Å²) in [6, 6.07) is 16.5. The summed E-state index contributed by atoms with van der Waals surface area (Å²) in [5, 5.41) is 9.94. The van der Waals surface area contributed by atoms with E-state index in [1.54, 1.807) is 0 Å². The molecule has 3 heteroatoms. The Labute approximate surface area is 107 Å². The van der Waals surface area contributed by atoms with Crippen LogP contribution in [0, 0.1) is 0 Å². The van der Waals surface area contributed by atoms with Gasteiger partial charge in [-0.2, -0.15) is 0 Å². The van der Waals surface area contributed by atoms with Crippen LogP contribution in [-0.2, 0) is 13.1 Å². The van der Waals surface area contributed by atoms with E-state index >= 15 is 0 Å². The molecule has 0 spiro atoms. The number of anilines is 1. The molecule has 2 heterocycles. The van der Waals surface area contributed by atoms with E-state index in [0.717, 1.165) is 6.54 Å². The minimum absolute atomic E-state index is 0.298. The van der Waals surface area contributed by atoms with Gasteiger partial charge in [-0.1, -0.05) is 36.4 Å². The first-order chi connectivity index (χ1) is 8.83. The fraction of sp³-hybridized carbons (Fsp3) is 0.267. The number of fused-ring (bicyclic) bond motifs is 1. The average molecular weight is 241 g/mol. The quantitative estimate of drug-likeness (QED) is 0.804. The summed E-state index contributed by atoms with van der Waals surface area (Å²) in [4.78, 5) is 2.23. The third-order valence-electron chi connectivity index (χ3n) is 3.30. The summed E-state index contributed by atoms with van der Waals surface area (Å²) in [6.07, 6.45) is 1.73. The molecule has 1 unspecified atom stereocenters. The van der Waals surface area contributed by atoms with Crippen molar-refractivity contribution in [2.24, 2.45) is 0 Å². The van der Waals surface area contributed by atoms with E-state index in [-0.39, 0.29) is 6.10 Å². The van der Waals surface area contributed by atoms with Crippen molar-refractivity contribution in [1.29, 1.82) is 0 Å². The standard InChI is InChI=1S/C15H17N2O/c18-14-11-16-9-5-4-8-15(16)17(12-14)10-13-6-2-1-3-7-13/h1-9,14,18H,10-12H2/q+1. The van der Waals surface area contributed by atoms with Crippen LogP contribution in [-0.4, -0.2) is 17.8 Å². The molecule has 0 saturated carbocycles. The second kappa shape index (κ2) is 4.78. The van der Waals surface area contributed by atoms with Crippen molar-refractivity contribution >= 4 is 5.82 Å². The van der Waals surface area contributed by atoms with Crippen LogP contribution >= 0.6 is 0 Å². The Morgan fingerprint density at radius 1 is 1.11 bits per heavy atom. The van der Waals surface area contributed by atoms with Gasteiger partial charge in [0.1, 0.15) is 25.7 Å². The zero-order valence-corrected chi connectivity index (χ0v) is 10.2. The summed E-state index contributed by atoms with van der Waals surface area (Å²) in [5.74, 6) is 1.17. The van der Waals surface area contributed by atoms with Crippen LogP contribution in [0.25, 0.3) is 0 Å². The highest BCUT2D eigenvalue weighted by molar-refractivity contribution is 5.35. The fourth-order valence-electron chi connectivity index (χ4n) is 2.49. The van der Waals surface area contributed by atoms with Gasteiger partial charge >= 0.3 is 0 Å². The van der Waals surface area contributed by atoms with E-state index < -0.39 is 0 Å². The number of rotatable bonds is 2. The van der Waals surface area contributed by atoms with Crippen LogP contribution in [0.15, 0.2) is 54.7 Å². The highest BCUT2D eigenvalue weighted by Gasteiger charge is 2.29. The van der Waals surface area contributed by atoms with Crippen LogP contribution in [0.5, 0.6) is 0 Å². The van der Waals surface area contributed by atoms with E-state index in [1.165, 1.54) is 11.4 Å². The van der Waals surface area contributed by atoms with Gasteiger partial charge in [0, 0.05) is 6.07 Å². The molecular weight excluding hydrogens is 224 g/mol. The number of benzene rings is 1. The van der Waals surface area contributed by atoms with Gasteiger partial charge in [0.05, 0.1) is 6.20 Å². The molecular formula is C15H17N2O+. The van der Waals surface area contributed by atoms with Gasteiger partial charge in [-0.05, 0) is 11.6 Å². The van der Waals surface area contributed by atoms with Crippen LogP contribution in [0.4, 0.5) is 5.82 Å². The van der Waals surface area contributed by atoms with Crippen molar-refractivity contribution in [3.63, 3.8) is 0 Å². The number of aliphatic hydroxyl groups excluding tert-OH is 1. The van der Waals surface area contributed by atoms with Crippen LogP contribution < -0.4 is 9.47 Å². The molecule has 1 aliphatic rings. The van der Waals surface area contributed by atoms with Crippen LogP contribution in [0.1, 0.15) is 5.56 Å². The number of β-amino-alcohol motifs (C(OH)–C–C–N with tert-alkyl or cyclic N) is 1. The van der Waals surface area contributed by atoms with Crippen molar-refractivity contribution in [2.45, 2.75) is 19.2 Å². The maximum Gasteiger partial charge on any atom is 0.276 e. The predicted molar refractivity (Wildman–Crippen MR) is 70.1 cm³/mol. The summed E-state index contributed by atoms with van der Waals surface area (Å²) >= 11 is 0. The van der Waals surface area contributed by atoms with Crippen molar-refractivity contribution in [2.75, 3.05) is 11.4 Å². The first-order valence-corrected chi connectivity index (χ1v) is 6.28. The molecule has 1 aliphatic heterocycles. The SMILES string of the molecule is OC1CN(Cc2ccccc2)c2cccc[n+]2C1. The van der Waals surface area contributed by atoms with Crippen molar-refractivity contribution < 1.29 is 9.67 Å². The van der Waals surface area contributed by atoms with E-state index in [4.69, 9.17) is 0 Å². The molecule has 3 rings (SSSR count). The van der Waals surface area contributed by atoms with E-state index in [0.29, 0.717) is 13.1 Å². The Morgan fingerprint density at radius 2 is 1.89 bits per heavy atom. The highest BCUT2D eigenvalue weighted by atomic mass is 16.3. The van der Waals surface area contributed by atoms with Gasteiger partial charge in [0.25, 0.3) is 5.82 Å². The van der Waals surface area contributed by atoms with Gasteiger partial charge in [-0.3, -0.25) is 4.90 Å². The lowest BCUT2D eigenvalue weighted by atomic mass is 10.1. The third-order valence-corrected chi connectivity index (χ3v) is 3.30. The molecule has 2 aromatic rings. The van der Waals surface area contributed by atoms with Gasteiger partial charge in [0.15, 0.2) is 0 Å². The molecule has 0 fully saturated rings. The number of aliphatic hydroxyl groups is 1. The van der Waals surface area contributed by atoms with Crippen molar-refractivity contribution in [3.05, 3.63) is 60.3 Å². The van der Waals surface area contributed by atoms with Gasteiger partial charge in [-0.25, -0.2) is 4.57 Å². The molecule has 92 valence electrons. The Bertz CT molecular complexity index is 527. The fourth-order valence-corrected chi connectivity index (χ4v) is 2.49.